The van der Waals surface area contributed by atoms with Crippen LogP contribution in [0.1, 0.15) is 13.8 Å². The monoisotopic (exact) mass is 335 g/mol. The molecule has 0 fully saturated rings. The molecule has 0 saturated heterocycles. The highest BCUT2D eigenvalue weighted by atomic mass is 15.1. The van der Waals surface area contributed by atoms with Crippen molar-refractivity contribution in [3.8, 4) is 11.3 Å². The zero-order valence-corrected chi connectivity index (χ0v) is 14.8. The molecule has 2 aromatic heterocycles. The molecule has 0 aliphatic carbocycles. The van der Waals surface area contributed by atoms with E-state index in [2.05, 4.69) is 40.1 Å². The molecular weight excluding hydrogens is 310 g/mol. The van der Waals surface area contributed by atoms with E-state index in [9.17, 15) is 0 Å². The van der Waals surface area contributed by atoms with E-state index in [1.165, 1.54) is 0 Å². The summed E-state index contributed by atoms with van der Waals surface area (Å²) >= 11 is 0. The Bertz CT molecular complexity index is 834. The molecule has 0 bridgehead atoms. The van der Waals surface area contributed by atoms with Gasteiger partial charge in [-0.15, -0.1) is 0 Å². The third-order valence-electron chi connectivity index (χ3n) is 3.45. The maximum Gasteiger partial charge on any atom is 0.157 e. The van der Waals surface area contributed by atoms with Crippen LogP contribution in [0.15, 0.2) is 73.2 Å². The molecular formula is C20H25N5. The molecule has 3 aromatic rings. The number of anilines is 1. The van der Waals surface area contributed by atoms with Crippen molar-refractivity contribution in [3.63, 3.8) is 0 Å². The average molecular weight is 335 g/mol. The highest BCUT2D eigenvalue weighted by molar-refractivity contribution is 5.76. The van der Waals surface area contributed by atoms with Crippen LogP contribution in [0.4, 0.5) is 5.82 Å². The number of rotatable bonds is 5. The fourth-order valence-corrected chi connectivity index (χ4v) is 2.15. The Kier molecular flexibility index (Phi) is 6.92. The van der Waals surface area contributed by atoms with Gasteiger partial charge in [-0.1, -0.05) is 54.6 Å². The molecule has 25 heavy (non-hydrogen) atoms. The lowest BCUT2D eigenvalue weighted by molar-refractivity contribution is 1.11. The Morgan fingerprint density at radius 2 is 2.04 bits per heavy atom. The topological polar surface area (TPSA) is 68.2 Å². The number of fused-ring (bicyclic) bond motifs is 1. The fourth-order valence-electron chi connectivity index (χ4n) is 2.15. The number of benzene rings is 1. The first-order valence-electron chi connectivity index (χ1n) is 8.24. The summed E-state index contributed by atoms with van der Waals surface area (Å²) in [5, 5.41) is 3.42. The number of hydrogen-bond acceptors (Lipinski definition) is 4. The maximum atomic E-state index is 5.07. The van der Waals surface area contributed by atoms with Gasteiger partial charge < -0.3 is 11.1 Å². The standard InChI is InChI=1S/C16H16N4.C4H9N/c1-2-3-9-18-16-15(13-7-5-4-6-8-13)19-14-12-17-10-11-20(14)16;1-4(2)3-5/h2-8,10-12,18H,9H2,1H3;1,3,5H2,2H3/b3-2-;. The SMILES string of the molecule is C/C=C\CNc1c(-c2ccccc2)nc2cnccn12.C=C(C)CN. The van der Waals surface area contributed by atoms with Gasteiger partial charge in [0.2, 0.25) is 0 Å². The zero-order valence-electron chi connectivity index (χ0n) is 14.8. The number of allylic oxidation sites excluding steroid dienone is 1. The van der Waals surface area contributed by atoms with Crippen LogP contribution in [-0.2, 0) is 0 Å². The van der Waals surface area contributed by atoms with Gasteiger partial charge in [-0.05, 0) is 13.8 Å². The van der Waals surface area contributed by atoms with Crippen molar-refractivity contribution in [2.45, 2.75) is 13.8 Å². The van der Waals surface area contributed by atoms with Crippen molar-refractivity contribution in [1.82, 2.24) is 14.4 Å². The normalized spacial score (nSPS) is 10.5. The van der Waals surface area contributed by atoms with Crippen LogP contribution in [0, 0.1) is 0 Å². The second-order valence-corrected chi connectivity index (χ2v) is 5.59. The van der Waals surface area contributed by atoms with Crippen molar-refractivity contribution in [1.29, 1.82) is 0 Å². The fraction of sp³-hybridized carbons (Fsp3) is 0.200. The Balaban J connectivity index is 0.000000399. The third kappa shape index (κ3) is 5.02. The van der Waals surface area contributed by atoms with Gasteiger partial charge in [-0.25, -0.2) is 4.98 Å². The smallest absolute Gasteiger partial charge is 0.157 e. The first-order chi connectivity index (χ1) is 12.2. The van der Waals surface area contributed by atoms with E-state index in [4.69, 9.17) is 5.73 Å². The molecule has 5 nitrogen and oxygen atoms in total. The number of imidazole rings is 1. The highest BCUT2D eigenvalue weighted by Crippen LogP contribution is 2.27. The number of nitrogens with one attached hydrogen (secondary N) is 1. The third-order valence-corrected chi connectivity index (χ3v) is 3.45. The molecule has 2 heterocycles. The number of aromatic nitrogens is 3. The van der Waals surface area contributed by atoms with E-state index in [0.29, 0.717) is 6.54 Å². The van der Waals surface area contributed by atoms with E-state index in [-0.39, 0.29) is 0 Å². The molecule has 130 valence electrons. The summed E-state index contributed by atoms with van der Waals surface area (Å²) in [7, 11) is 0. The van der Waals surface area contributed by atoms with Crippen LogP contribution in [0.3, 0.4) is 0 Å². The number of nitrogens with zero attached hydrogens (tertiary/aromatic N) is 3. The Hall–Kier alpha value is -2.92. The second-order valence-electron chi connectivity index (χ2n) is 5.59. The lowest BCUT2D eigenvalue weighted by atomic mass is 10.1. The van der Waals surface area contributed by atoms with Crippen molar-refractivity contribution < 1.29 is 0 Å². The molecule has 0 saturated carbocycles. The van der Waals surface area contributed by atoms with Crippen LogP contribution in [0.2, 0.25) is 0 Å². The quantitative estimate of drug-likeness (QED) is 0.694. The van der Waals surface area contributed by atoms with E-state index < -0.39 is 0 Å². The van der Waals surface area contributed by atoms with Crippen LogP contribution >= 0.6 is 0 Å². The highest BCUT2D eigenvalue weighted by Gasteiger charge is 2.12. The molecule has 5 heteroatoms. The molecule has 3 N–H and O–H groups in total. The predicted molar refractivity (Wildman–Crippen MR) is 106 cm³/mol. The van der Waals surface area contributed by atoms with Crippen LogP contribution in [0.5, 0.6) is 0 Å². The molecule has 0 aliphatic rings. The Labute approximate surface area is 148 Å². The maximum absolute atomic E-state index is 5.07. The minimum absolute atomic E-state index is 0.611. The number of nitrogens with two attached hydrogens (primary N) is 1. The van der Waals surface area contributed by atoms with Gasteiger partial charge in [-0.3, -0.25) is 9.38 Å². The lowest BCUT2D eigenvalue weighted by Gasteiger charge is -2.06. The molecule has 0 atom stereocenters. The molecule has 0 aliphatic heterocycles. The largest absolute Gasteiger partial charge is 0.366 e. The van der Waals surface area contributed by atoms with Gasteiger partial charge in [-0.2, -0.15) is 0 Å². The average Bonchev–Trinajstić information content (AvgIpc) is 3.02. The molecule has 0 amide bonds. The molecule has 0 unspecified atom stereocenters. The van der Waals surface area contributed by atoms with Gasteiger partial charge in [0, 0.05) is 31.0 Å². The Morgan fingerprint density at radius 3 is 2.68 bits per heavy atom. The Morgan fingerprint density at radius 1 is 1.32 bits per heavy atom. The summed E-state index contributed by atoms with van der Waals surface area (Å²) in [6.45, 7) is 8.84. The molecule has 3 rings (SSSR count). The van der Waals surface area contributed by atoms with E-state index in [1.54, 1.807) is 12.4 Å². The van der Waals surface area contributed by atoms with Crippen molar-refractivity contribution in [2.24, 2.45) is 5.73 Å². The number of hydrogen-bond donors (Lipinski definition) is 2. The summed E-state index contributed by atoms with van der Waals surface area (Å²) in [4.78, 5) is 8.81. The summed E-state index contributed by atoms with van der Waals surface area (Å²) in [5.41, 5.74) is 8.99. The van der Waals surface area contributed by atoms with Crippen molar-refractivity contribution >= 4 is 11.5 Å². The van der Waals surface area contributed by atoms with E-state index in [1.807, 2.05) is 48.7 Å². The second kappa shape index (κ2) is 9.39. The summed E-state index contributed by atoms with van der Waals surface area (Å²) in [5.74, 6) is 0.992. The summed E-state index contributed by atoms with van der Waals surface area (Å²) < 4.78 is 2.03. The first-order valence-corrected chi connectivity index (χ1v) is 8.24. The van der Waals surface area contributed by atoms with Gasteiger partial charge in [0.15, 0.2) is 5.65 Å². The van der Waals surface area contributed by atoms with Crippen molar-refractivity contribution in [2.75, 3.05) is 18.4 Å². The minimum atomic E-state index is 0.611. The van der Waals surface area contributed by atoms with Gasteiger partial charge in [0.05, 0.1) is 6.20 Å². The predicted octanol–water partition coefficient (Wildman–Crippen LogP) is 3.91. The van der Waals surface area contributed by atoms with E-state index in [0.717, 1.165) is 34.8 Å². The van der Waals surface area contributed by atoms with Gasteiger partial charge >= 0.3 is 0 Å². The van der Waals surface area contributed by atoms with Crippen LogP contribution in [-0.4, -0.2) is 27.5 Å². The van der Waals surface area contributed by atoms with Crippen molar-refractivity contribution in [3.05, 3.63) is 73.2 Å². The molecule has 0 radical (unpaired) electrons. The van der Waals surface area contributed by atoms with Gasteiger partial charge in [0.25, 0.3) is 0 Å². The summed E-state index contributed by atoms with van der Waals surface area (Å²) in [6, 6.07) is 10.2. The lowest BCUT2D eigenvalue weighted by Crippen LogP contribution is -2.02. The zero-order chi connectivity index (χ0) is 18.1. The molecule has 1 aromatic carbocycles. The van der Waals surface area contributed by atoms with Crippen LogP contribution < -0.4 is 11.1 Å². The first kappa shape index (κ1) is 18.4. The minimum Gasteiger partial charge on any atom is -0.366 e. The summed E-state index contributed by atoms with van der Waals surface area (Å²) in [6.07, 6.45) is 9.57. The van der Waals surface area contributed by atoms with E-state index >= 15 is 0 Å². The molecule has 0 spiro atoms. The van der Waals surface area contributed by atoms with Gasteiger partial charge in [0.1, 0.15) is 11.5 Å². The van der Waals surface area contributed by atoms with Crippen LogP contribution in [0.25, 0.3) is 16.9 Å².